The molecule has 1 aromatic heterocycles. The van der Waals surface area contributed by atoms with E-state index in [2.05, 4.69) is 5.10 Å². The lowest BCUT2D eigenvalue weighted by atomic mass is 10.7. The summed E-state index contributed by atoms with van der Waals surface area (Å²) in [5.41, 5.74) is 0. The normalized spacial score (nSPS) is 9.67. The fourth-order valence-corrected chi connectivity index (χ4v) is 0.608. The van der Waals surface area contributed by atoms with Gasteiger partial charge < -0.3 is 4.74 Å². The van der Waals surface area contributed by atoms with Crippen LogP contribution in [0.5, 0.6) is 5.88 Å². The summed E-state index contributed by atoms with van der Waals surface area (Å²) in [5, 5.41) is 3.41. The van der Waals surface area contributed by atoms with Crippen LogP contribution in [0.3, 0.4) is 0 Å². The molecule has 4 heteroatoms. The fourth-order valence-electron chi connectivity index (χ4n) is 0.608. The molecule has 0 bridgehead atoms. The summed E-state index contributed by atoms with van der Waals surface area (Å²) in [5.74, 6) is -0.0955. The van der Waals surface area contributed by atoms with Gasteiger partial charge in [0.05, 0.1) is 13.2 Å². The van der Waals surface area contributed by atoms with Crippen molar-refractivity contribution in [3.05, 3.63) is 12.0 Å². The molecule has 0 saturated carbocycles. The molecule has 0 unspecified atom stereocenters. The Morgan fingerprint density at radius 3 is 2.67 bits per heavy atom. The SMILES string of the molecule is COc1cc(F)nn1C. The van der Waals surface area contributed by atoms with Gasteiger partial charge in [0.15, 0.2) is 0 Å². The van der Waals surface area contributed by atoms with Crippen LogP contribution >= 0.6 is 0 Å². The van der Waals surface area contributed by atoms with E-state index in [-0.39, 0.29) is 0 Å². The Morgan fingerprint density at radius 1 is 1.78 bits per heavy atom. The first-order valence-corrected chi connectivity index (χ1v) is 2.47. The third-order valence-electron chi connectivity index (χ3n) is 1.02. The summed E-state index contributed by atoms with van der Waals surface area (Å²) >= 11 is 0. The van der Waals surface area contributed by atoms with Crippen molar-refractivity contribution in [1.82, 2.24) is 9.78 Å². The lowest BCUT2D eigenvalue weighted by Crippen LogP contribution is -1.94. The van der Waals surface area contributed by atoms with E-state index in [1.165, 1.54) is 17.9 Å². The van der Waals surface area contributed by atoms with Crippen LogP contribution in [0, 0.1) is 5.95 Å². The van der Waals surface area contributed by atoms with Crippen LogP contribution in [0.15, 0.2) is 6.07 Å². The zero-order chi connectivity index (χ0) is 6.85. The highest BCUT2D eigenvalue weighted by Crippen LogP contribution is 2.08. The number of methoxy groups -OCH3 is 1. The number of rotatable bonds is 1. The molecule has 0 aliphatic carbocycles. The molecule has 0 atom stereocenters. The van der Waals surface area contributed by atoms with Gasteiger partial charge in [-0.3, -0.25) is 0 Å². The molecule has 1 aromatic rings. The summed E-state index contributed by atoms with van der Waals surface area (Å²) in [4.78, 5) is 0. The van der Waals surface area contributed by atoms with Crippen molar-refractivity contribution in [2.45, 2.75) is 0 Å². The minimum absolute atomic E-state index is 0.424. The third kappa shape index (κ3) is 1.01. The predicted octanol–water partition coefficient (Wildman–Crippen LogP) is 0.568. The van der Waals surface area contributed by atoms with Crippen molar-refractivity contribution in [3.63, 3.8) is 0 Å². The van der Waals surface area contributed by atoms with Crippen molar-refractivity contribution in [3.8, 4) is 5.88 Å². The largest absolute Gasteiger partial charge is 0.481 e. The first kappa shape index (κ1) is 6.07. The minimum Gasteiger partial charge on any atom is -0.481 e. The summed E-state index contributed by atoms with van der Waals surface area (Å²) in [6.07, 6.45) is 0. The van der Waals surface area contributed by atoms with Gasteiger partial charge in [-0.05, 0) is 0 Å². The summed E-state index contributed by atoms with van der Waals surface area (Å²) in [6.45, 7) is 0. The Hall–Kier alpha value is -1.06. The van der Waals surface area contributed by atoms with E-state index in [4.69, 9.17) is 4.74 Å². The van der Waals surface area contributed by atoms with Gasteiger partial charge in [-0.15, -0.1) is 5.10 Å². The van der Waals surface area contributed by atoms with Crippen LogP contribution in [0.25, 0.3) is 0 Å². The van der Waals surface area contributed by atoms with Crippen LogP contribution in [-0.4, -0.2) is 16.9 Å². The second kappa shape index (κ2) is 2.05. The summed E-state index contributed by atoms with van der Waals surface area (Å²) in [6, 6.07) is 1.22. The zero-order valence-electron chi connectivity index (χ0n) is 5.26. The van der Waals surface area contributed by atoms with Crippen LogP contribution in [0.4, 0.5) is 4.39 Å². The molecule has 0 amide bonds. The van der Waals surface area contributed by atoms with E-state index in [1.807, 2.05) is 0 Å². The number of halogens is 1. The molecule has 0 N–H and O–H groups in total. The number of aromatic nitrogens is 2. The van der Waals surface area contributed by atoms with Crippen LogP contribution in [0.1, 0.15) is 0 Å². The highest BCUT2D eigenvalue weighted by Gasteiger charge is 2.01. The first-order valence-electron chi connectivity index (χ1n) is 2.47. The molecule has 0 fully saturated rings. The second-order valence-corrected chi connectivity index (χ2v) is 1.63. The molecule has 0 aromatic carbocycles. The number of hydrogen-bond donors (Lipinski definition) is 0. The quantitative estimate of drug-likeness (QED) is 0.555. The lowest BCUT2D eigenvalue weighted by Gasteiger charge is -1.94. The van der Waals surface area contributed by atoms with Crippen LogP contribution < -0.4 is 4.74 Å². The van der Waals surface area contributed by atoms with E-state index in [9.17, 15) is 4.39 Å². The van der Waals surface area contributed by atoms with Crippen molar-refractivity contribution >= 4 is 0 Å². The molecular formula is C5H7FN2O. The molecule has 0 saturated heterocycles. The van der Waals surface area contributed by atoms with Crippen molar-refractivity contribution in [2.24, 2.45) is 7.05 Å². The smallest absolute Gasteiger partial charge is 0.236 e. The van der Waals surface area contributed by atoms with Gasteiger partial charge in [-0.2, -0.15) is 4.39 Å². The number of ether oxygens (including phenoxy) is 1. The maximum Gasteiger partial charge on any atom is 0.236 e. The highest BCUT2D eigenvalue weighted by atomic mass is 19.1. The molecule has 0 radical (unpaired) electrons. The molecule has 50 valence electrons. The van der Waals surface area contributed by atoms with Gasteiger partial charge in [0, 0.05) is 7.05 Å². The molecule has 0 aliphatic rings. The summed E-state index contributed by atoms with van der Waals surface area (Å²) in [7, 11) is 3.08. The van der Waals surface area contributed by atoms with Gasteiger partial charge in [0.1, 0.15) is 0 Å². The maximum absolute atomic E-state index is 12.2. The fraction of sp³-hybridized carbons (Fsp3) is 0.400. The zero-order valence-corrected chi connectivity index (χ0v) is 5.26. The Balaban J connectivity index is 3.01. The molecule has 3 nitrogen and oxygen atoms in total. The Labute approximate surface area is 52.0 Å². The minimum atomic E-state index is -0.519. The van der Waals surface area contributed by atoms with Crippen molar-refractivity contribution in [1.29, 1.82) is 0 Å². The predicted molar refractivity (Wildman–Crippen MR) is 29.7 cm³/mol. The van der Waals surface area contributed by atoms with Crippen LogP contribution in [0.2, 0.25) is 0 Å². The number of hydrogen-bond acceptors (Lipinski definition) is 2. The van der Waals surface area contributed by atoms with Gasteiger partial charge in [0.2, 0.25) is 11.8 Å². The van der Waals surface area contributed by atoms with Crippen molar-refractivity contribution in [2.75, 3.05) is 7.11 Å². The average Bonchev–Trinajstić information content (AvgIpc) is 2.10. The summed E-state index contributed by atoms with van der Waals surface area (Å²) < 4.78 is 18.2. The molecule has 9 heavy (non-hydrogen) atoms. The molecule has 0 spiro atoms. The highest BCUT2D eigenvalue weighted by molar-refractivity contribution is 5.07. The van der Waals surface area contributed by atoms with Gasteiger partial charge in [-0.1, -0.05) is 0 Å². The van der Waals surface area contributed by atoms with Crippen LogP contribution in [-0.2, 0) is 7.05 Å². The Bertz CT molecular complexity index is 209. The first-order chi connectivity index (χ1) is 4.24. The molecule has 0 aliphatic heterocycles. The molecule has 1 heterocycles. The third-order valence-corrected chi connectivity index (χ3v) is 1.02. The van der Waals surface area contributed by atoms with E-state index in [0.29, 0.717) is 5.88 Å². The number of nitrogens with zero attached hydrogens (tertiary/aromatic N) is 2. The lowest BCUT2D eigenvalue weighted by molar-refractivity contribution is 0.373. The van der Waals surface area contributed by atoms with Gasteiger partial charge >= 0.3 is 0 Å². The van der Waals surface area contributed by atoms with E-state index in [1.54, 1.807) is 7.05 Å². The molecule has 1 rings (SSSR count). The second-order valence-electron chi connectivity index (χ2n) is 1.63. The topological polar surface area (TPSA) is 27.1 Å². The van der Waals surface area contributed by atoms with E-state index < -0.39 is 5.95 Å². The Kier molecular flexibility index (Phi) is 1.38. The maximum atomic E-state index is 12.2. The standard InChI is InChI=1S/C5H7FN2O/c1-8-5(9-2)3-4(6)7-8/h3H,1-2H3. The monoisotopic (exact) mass is 130 g/mol. The van der Waals surface area contributed by atoms with E-state index >= 15 is 0 Å². The van der Waals surface area contributed by atoms with Gasteiger partial charge in [0.25, 0.3) is 0 Å². The van der Waals surface area contributed by atoms with Gasteiger partial charge in [-0.25, -0.2) is 4.68 Å². The van der Waals surface area contributed by atoms with Crippen molar-refractivity contribution < 1.29 is 9.13 Å². The average molecular weight is 130 g/mol. The van der Waals surface area contributed by atoms with E-state index in [0.717, 1.165) is 0 Å². The Morgan fingerprint density at radius 2 is 2.44 bits per heavy atom. The number of aryl methyl sites for hydroxylation is 1. The molecular weight excluding hydrogens is 123 g/mol.